The van der Waals surface area contributed by atoms with Gasteiger partial charge in [0.2, 0.25) is 5.95 Å². The lowest BCUT2D eigenvalue weighted by atomic mass is 9.98. The van der Waals surface area contributed by atoms with Gasteiger partial charge in [-0.2, -0.15) is 10.1 Å². The van der Waals surface area contributed by atoms with Crippen LogP contribution in [0.5, 0.6) is 5.75 Å². The maximum atomic E-state index is 12.3. The van der Waals surface area contributed by atoms with Crippen LogP contribution in [0.1, 0.15) is 24.6 Å². The van der Waals surface area contributed by atoms with Gasteiger partial charge in [0.1, 0.15) is 5.75 Å². The molecule has 1 aliphatic rings. The van der Waals surface area contributed by atoms with E-state index in [9.17, 15) is 4.79 Å². The van der Waals surface area contributed by atoms with Crippen molar-refractivity contribution in [1.29, 1.82) is 0 Å². The zero-order valence-corrected chi connectivity index (χ0v) is 16.5. The zero-order valence-electron chi connectivity index (χ0n) is 15.7. The van der Waals surface area contributed by atoms with Crippen molar-refractivity contribution in [2.75, 3.05) is 25.0 Å². The van der Waals surface area contributed by atoms with Crippen LogP contribution >= 0.6 is 12.4 Å². The predicted octanol–water partition coefficient (Wildman–Crippen LogP) is 2.87. The van der Waals surface area contributed by atoms with E-state index in [0.717, 1.165) is 42.5 Å². The van der Waals surface area contributed by atoms with Crippen LogP contribution in [0.3, 0.4) is 0 Å². The lowest BCUT2D eigenvalue weighted by Crippen LogP contribution is -2.27. The monoisotopic (exact) mass is 401 g/mol. The number of nitrogens with one attached hydrogen (secondary N) is 2. The van der Waals surface area contributed by atoms with Crippen molar-refractivity contribution in [3.63, 3.8) is 0 Å². The quantitative estimate of drug-likeness (QED) is 0.687. The van der Waals surface area contributed by atoms with Crippen LogP contribution in [0.4, 0.5) is 5.95 Å². The maximum Gasteiger partial charge on any atom is 0.264 e. The van der Waals surface area contributed by atoms with Gasteiger partial charge in [-0.15, -0.1) is 12.4 Å². The smallest absolute Gasteiger partial charge is 0.264 e. The lowest BCUT2D eigenvalue weighted by Gasteiger charge is -2.19. The number of aryl methyl sites for hydroxylation is 1. The summed E-state index contributed by atoms with van der Waals surface area (Å²) in [6.45, 7) is 1.87. The fourth-order valence-electron chi connectivity index (χ4n) is 3.39. The zero-order chi connectivity index (χ0) is 18.6. The highest BCUT2D eigenvalue weighted by molar-refractivity contribution is 5.91. The molecule has 0 bridgehead atoms. The number of benzene rings is 2. The second-order valence-electron chi connectivity index (χ2n) is 6.76. The van der Waals surface area contributed by atoms with Crippen molar-refractivity contribution in [2.45, 2.75) is 18.8 Å². The van der Waals surface area contributed by atoms with E-state index in [0.29, 0.717) is 17.6 Å². The molecule has 7 nitrogen and oxygen atoms in total. The molecule has 0 atom stereocenters. The number of nitrogens with zero attached hydrogens (tertiary/aromatic N) is 3. The van der Waals surface area contributed by atoms with Crippen LogP contribution in [0.25, 0.3) is 10.8 Å². The van der Waals surface area contributed by atoms with E-state index in [1.165, 1.54) is 0 Å². The number of aromatic nitrogens is 3. The first kappa shape index (κ1) is 20.1. The van der Waals surface area contributed by atoms with Gasteiger partial charge in [-0.25, -0.2) is 4.68 Å². The molecule has 28 heavy (non-hydrogen) atoms. The van der Waals surface area contributed by atoms with Gasteiger partial charge in [-0.05, 0) is 37.4 Å². The second kappa shape index (κ2) is 9.03. The van der Waals surface area contributed by atoms with E-state index >= 15 is 0 Å². The Balaban J connectivity index is 0.00000225. The highest BCUT2D eigenvalue weighted by Crippen LogP contribution is 2.25. The Morgan fingerprint density at radius 3 is 2.79 bits per heavy atom. The van der Waals surface area contributed by atoms with E-state index < -0.39 is 0 Å². The summed E-state index contributed by atoms with van der Waals surface area (Å²) in [6, 6.07) is 13.7. The number of hydrogen-bond donors (Lipinski definition) is 2. The molecule has 2 heterocycles. The summed E-state index contributed by atoms with van der Waals surface area (Å²) in [4.78, 5) is 16.8. The summed E-state index contributed by atoms with van der Waals surface area (Å²) in [5.41, 5.74) is 0. The van der Waals surface area contributed by atoms with E-state index in [4.69, 9.17) is 4.74 Å². The van der Waals surface area contributed by atoms with Crippen molar-refractivity contribution < 1.29 is 9.53 Å². The van der Waals surface area contributed by atoms with Gasteiger partial charge >= 0.3 is 0 Å². The van der Waals surface area contributed by atoms with Crippen LogP contribution < -0.4 is 15.4 Å². The van der Waals surface area contributed by atoms with E-state index in [1.54, 1.807) is 11.7 Å². The first-order valence-electron chi connectivity index (χ1n) is 9.23. The van der Waals surface area contributed by atoms with Crippen molar-refractivity contribution in [1.82, 2.24) is 20.1 Å². The summed E-state index contributed by atoms with van der Waals surface area (Å²) in [6.07, 6.45) is 2.03. The normalized spacial score (nSPS) is 14.5. The van der Waals surface area contributed by atoms with Gasteiger partial charge in [0.15, 0.2) is 12.4 Å². The Labute approximate surface area is 169 Å². The van der Waals surface area contributed by atoms with Crippen LogP contribution in [0.15, 0.2) is 42.5 Å². The highest BCUT2D eigenvalue weighted by atomic mass is 35.5. The van der Waals surface area contributed by atoms with Gasteiger partial charge in [0, 0.05) is 18.4 Å². The summed E-state index contributed by atoms with van der Waals surface area (Å²) < 4.78 is 7.36. The maximum absolute atomic E-state index is 12.3. The molecular weight excluding hydrogens is 378 g/mol. The van der Waals surface area contributed by atoms with Crippen LogP contribution in [-0.4, -0.2) is 40.4 Å². The fraction of sp³-hybridized carbons (Fsp3) is 0.350. The van der Waals surface area contributed by atoms with Gasteiger partial charge in [0.25, 0.3) is 5.91 Å². The number of carbonyl (C=O) groups is 1. The van der Waals surface area contributed by atoms with Gasteiger partial charge < -0.3 is 10.1 Å². The topological polar surface area (TPSA) is 81.1 Å². The largest absolute Gasteiger partial charge is 0.483 e. The Morgan fingerprint density at radius 1 is 1.21 bits per heavy atom. The minimum atomic E-state index is -0.254. The third-order valence-corrected chi connectivity index (χ3v) is 4.84. The Hall–Kier alpha value is -2.64. The number of amides is 1. The third kappa shape index (κ3) is 4.43. The van der Waals surface area contributed by atoms with Crippen molar-refractivity contribution in [2.24, 2.45) is 7.05 Å². The summed E-state index contributed by atoms with van der Waals surface area (Å²) in [5, 5.41) is 12.7. The molecular formula is C20H24ClN5O2. The Bertz CT molecular complexity index is 947. The average molecular weight is 402 g/mol. The molecule has 1 aromatic heterocycles. The predicted molar refractivity (Wildman–Crippen MR) is 111 cm³/mol. The van der Waals surface area contributed by atoms with Gasteiger partial charge in [0.05, 0.1) is 0 Å². The van der Waals surface area contributed by atoms with Crippen LogP contribution in [0, 0.1) is 0 Å². The number of rotatable bonds is 5. The lowest BCUT2D eigenvalue weighted by molar-refractivity contribution is -0.118. The first-order valence-corrected chi connectivity index (χ1v) is 9.23. The molecule has 2 N–H and O–H groups in total. The van der Waals surface area contributed by atoms with Crippen molar-refractivity contribution in [3.8, 4) is 5.75 Å². The first-order chi connectivity index (χ1) is 13.2. The number of halogens is 1. The fourth-order valence-corrected chi connectivity index (χ4v) is 3.39. The van der Waals surface area contributed by atoms with E-state index in [2.05, 4.69) is 20.7 Å². The van der Waals surface area contributed by atoms with Crippen molar-refractivity contribution >= 4 is 35.0 Å². The molecule has 1 saturated heterocycles. The summed E-state index contributed by atoms with van der Waals surface area (Å²) in [5.74, 6) is 2.03. The summed E-state index contributed by atoms with van der Waals surface area (Å²) >= 11 is 0. The van der Waals surface area contributed by atoms with Crippen LogP contribution in [-0.2, 0) is 11.8 Å². The molecule has 4 rings (SSSR count). The molecule has 1 fully saturated rings. The highest BCUT2D eigenvalue weighted by Gasteiger charge is 2.21. The van der Waals surface area contributed by atoms with E-state index in [-0.39, 0.29) is 24.9 Å². The average Bonchev–Trinajstić information content (AvgIpc) is 3.07. The molecule has 3 aromatic rings. The number of carbonyl (C=O) groups excluding carboxylic acids is 1. The number of hydrogen-bond acceptors (Lipinski definition) is 5. The molecule has 148 valence electrons. The minimum Gasteiger partial charge on any atom is -0.483 e. The number of anilines is 1. The standard InChI is InChI=1S/C20H23N5O2.ClH/c1-25-20(23-19(24-25)15-9-11-21-12-10-15)22-18(26)13-27-17-8-4-6-14-5-2-3-7-16(14)17;/h2-8,15,21H,9-13H2,1H3,(H,22,23,24,26);1H. The Kier molecular flexibility index (Phi) is 6.49. The van der Waals surface area contributed by atoms with Gasteiger partial charge in [-0.1, -0.05) is 36.4 Å². The number of ether oxygens (including phenoxy) is 1. The Morgan fingerprint density at radius 2 is 1.96 bits per heavy atom. The molecule has 0 radical (unpaired) electrons. The second-order valence-corrected chi connectivity index (χ2v) is 6.76. The molecule has 8 heteroatoms. The van der Waals surface area contributed by atoms with E-state index in [1.807, 2.05) is 42.5 Å². The number of piperidine rings is 1. The SMILES string of the molecule is Cl.Cn1nc(C2CCNCC2)nc1NC(=O)COc1cccc2ccccc12. The molecule has 1 amide bonds. The molecule has 1 aliphatic heterocycles. The third-order valence-electron chi connectivity index (χ3n) is 4.84. The minimum absolute atomic E-state index is 0. The molecule has 0 aliphatic carbocycles. The van der Waals surface area contributed by atoms with Crippen LogP contribution in [0.2, 0.25) is 0 Å². The van der Waals surface area contributed by atoms with Gasteiger partial charge in [-0.3, -0.25) is 10.1 Å². The molecule has 2 aromatic carbocycles. The molecule has 0 spiro atoms. The summed E-state index contributed by atoms with van der Waals surface area (Å²) in [7, 11) is 1.79. The number of fused-ring (bicyclic) bond motifs is 1. The van der Waals surface area contributed by atoms with Crippen molar-refractivity contribution in [3.05, 3.63) is 48.3 Å². The molecule has 0 saturated carbocycles. The molecule has 0 unspecified atom stereocenters.